The van der Waals surface area contributed by atoms with Crippen LogP contribution < -0.4 is 0 Å². The van der Waals surface area contributed by atoms with Crippen LogP contribution in [0.1, 0.15) is 19.4 Å². The summed E-state index contributed by atoms with van der Waals surface area (Å²) in [5, 5.41) is 9.77. The molecule has 1 fully saturated rings. The lowest BCUT2D eigenvalue weighted by Gasteiger charge is -2.38. The Labute approximate surface area is 125 Å². The van der Waals surface area contributed by atoms with E-state index in [4.69, 9.17) is 0 Å². The van der Waals surface area contributed by atoms with Gasteiger partial charge in [0, 0.05) is 23.6 Å². The van der Waals surface area contributed by atoms with E-state index in [1.165, 1.54) is 0 Å². The van der Waals surface area contributed by atoms with Crippen LogP contribution in [0.3, 0.4) is 0 Å². The number of hydrogen-bond acceptors (Lipinski definition) is 3. The van der Waals surface area contributed by atoms with Gasteiger partial charge >= 0.3 is 0 Å². The second kappa shape index (κ2) is 6.81. The van der Waals surface area contributed by atoms with Crippen LogP contribution in [-0.2, 0) is 11.2 Å². The van der Waals surface area contributed by atoms with Crippen molar-refractivity contribution in [2.75, 3.05) is 12.3 Å². The smallest absolute Gasteiger partial charge is 0.240 e. The van der Waals surface area contributed by atoms with Crippen LogP contribution >= 0.6 is 11.8 Å². The molecule has 1 aromatic rings. The lowest BCUT2D eigenvalue weighted by Crippen LogP contribution is -2.50. The van der Waals surface area contributed by atoms with Gasteiger partial charge in [-0.3, -0.25) is 4.79 Å². The van der Waals surface area contributed by atoms with Gasteiger partial charge in [0.05, 0.1) is 6.07 Å². The van der Waals surface area contributed by atoms with Crippen molar-refractivity contribution in [2.24, 2.45) is 5.92 Å². The van der Waals surface area contributed by atoms with Crippen molar-refractivity contribution < 1.29 is 4.79 Å². The summed E-state index contributed by atoms with van der Waals surface area (Å²) < 4.78 is 0. The largest absolute Gasteiger partial charge is 0.337 e. The van der Waals surface area contributed by atoms with E-state index in [0.717, 1.165) is 17.9 Å². The first-order valence-corrected chi connectivity index (χ1v) is 8.04. The number of nitrogens with zero attached hydrogens (tertiary/aromatic N) is 2. The van der Waals surface area contributed by atoms with Gasteiger partial charge in [-0.05, 0) is 18.9 Å². The van der Waals surface area contributed by atoms with E-state index >= 15 is 0 Å². The van der Waals surface area contributed by atoms with E-state index in [0.29, 0.717) is 11.7 Å². The standard InChI is InChI=1S/C16H20N2OS/c1-12-13(2)20-9-8-18(12)16(19)15(11-17)10-14-6-4-3-5-7-14/h3-7,12-13,15H,8-10H2,1-2H3. The average Bonchev–Trinajstić information content (AvgIpc) is 2.48. The van der Waals surface area contributed by atoms with E-state index in [9.17, 15) is 10.1 Å². The Balaban J connectivity index is 2.07. The summed E-state index contributed by atoms with van der Waals surface area (Å²) >= 11 is 1.89. The maximum absolute atomic E-state index is 12.6. The molecule has 106 valence electrons. The quantitative estimate of drug-likeness (QED) is 0.859. The topological polar surface area (TPSA) is 44.1 Å². The van der Waals surface area contributed by atoms with Crippen molar-refractivity contribution in [3.05, 3.63) is 35.9 Å². The molecule has 1 heterocycles. The molecule has 3 unspecified atom stereocenters. The zero-order valence-corrected chi connectivity index (χ0v) is 12.8. The Morgan fingerprint density at radius 2 is 2.15 bits per heavy atom. The highest BCUT2D eigenvalue weighted by Crippen LogP contribution is 2.26. The number of carbonyl (C=O) groups excluding carboxylic acids is 1. The second-order valence-electron chi connectivity index (χ2n) is 5.22. The summed E-state index contributed by atoms with van der Waals surface area (Å²) in [5.74, 6) is 0.368. The summed E-state index contributed by atoms with van der Waals surface area (Å²) in [6.45, 7) is 4.97. The molecule has 1 aliphatic rings. The molecular weight excluding hydrogens is 268 g/mol. The maximum Gasteiger partial charge on any atom is 0.240 e. The summed E-state index contributed by atoms with van der Waals surface area (Å²) in [7, 11) is 0. The normalized spacial score (nSPS) is 23.9. The van der Waals surface area contributed by atoms with Crippen molar-refractivity contribution in [3.63, 3.8) is 0 Å². The Kier molecular flexibility index (Phi) is 5.08. The van der Waals surface area contributed by atoms with Gasteiger partial charge in [-0.2, -0.15) is 17.0 Å². The van der Waals surface area contributed by atoms with E-state index in [1.54, 1.807) is 0 Å². The number of amides is 1. The van der Waals surface area contributed by atoms with E-state index < -0.39 is 5.92 Å². The molecule has 0 aliphatic carbocycles. The first-order valence-electron chi connectivity index (χ1n) is 6.99. The Morgan fingerprint density at radius 1 is 1.45 bits per heavy atom. The number of carbonyl (C=O) groups is 1. The van der Waals surface area contributed by atoms with Gasteiger partial charge < -0.3 is 4.90 Å². The van der Waals surface area contributed by atoms with Crippen LogP contribution in [0.4, 0.5) is 0 Å². The molecular formula is C16H20N2OS. The van der Waals surface area contributed by atoms with Crippen LogP contribution in [0.2, 0.25) is 0 Å². The minimum atomic E-state index is -0.574. The van der Waals surface area contributed by atoms with Gasteiger partial charge in [0.2, 0.25) is 5.91 Å². The molecule has 0 saturated carbocycles. The number of benzene rings is 1. The number of thioether (sulfide) groups is 1. The molecule has 0 bridgehead atoms. The summed E-state index contributed by atoms with van der Waals surface area (Å²) in [5.41, 5.74) is 1.04. The third kappa shape index (κ3) is 3.34. The number of hydrogen-bond donors (Lipinski definition) is 0. The van der Waals surface area contributed by atoms with Gasteiger partial charge in [-0.25, -0.2) is 0 Å². The van der Waals surface area contributed by atoms with Crippen LogP contribution in [0.25, 0.3) is 0 Å². The molecule has 0 spiro atoms. The molecule has 3 atom stereocenters. The van der Waals surface area contributed by atoms with Gasteiger partial charge in [0.1, 0.15) is 5.92 Å². The van der Waals surface area contributed by atoms with Crippen LogP contribution in [0, 0.1) is 17.2 Å². The fourth-order valence-corrected chi connectivity index (χ4v) is 3.58. The molecule has 2 rings (SSSR count). The fraction of sp³-hybridized carbons (Fsp3) is 0.500. The average molecular weight is 288 g/mol. The first-order chi connectivity index (χ1) is 9.63. The highest BCUT2D eigenvalue weighted by atomic mass is 32.2. The molecule has 0 N–H and O–H groups in total. The highest BCUT2D eigenvalue weighted by Gasteiger charge is 2.32. The first kappa shape index (κ1) is 14.9. The third-order valence-electron chi connectivity index (χ3n) is 3.90. The molecule has 4 heteroatoms. The zero-order chi connectivity index (χ0) is 14.5. The SMILES string of the molecule is CC1SCCN(C(=O)C(C#N)Cc2ccccc2)C1C. The van der Waals surface area contributed by atoms with E-state index in [-0.39, 0.29) is 11.9 Å². The number of rotatable bonds is 3. The minimum Gasteiger partial charge on any atom is -0.337 e. The van der Waals surface area contributed by atoms with Crippen molar-refractivity contribution in [2.45, 2.75) is 31.6 Å². The maximum atomic E-state index is 12.6. The highest BCUT2D eigenvalue weighted by molar-refractivity contribution is 8.00. The molecule has 1 aliphatic heterocycles. The molecule has 1 saturated heterocycles. The monoisotopic (exact) mass is 288 g/mol. The summed E-state index contributed by atoms with van der Waals surface area (Å²) in [4.78, 5) is 14.5. The third-order valence-corrected chi connectivity index (χ3v) is 5.24. The van der Waals surface area contributed by atoms with Gasteiger partial charge in [-0.1, -0.05) is 37.3 Å². The Morgan fingerprint density at radius 3 is 2.80 bits per heavy atom. The molecule has 1 aromatic carbocycles. The molecule has 1 amide bonds. The number of nitriles is 1. The van der Waals surface area contributed by atoms with Crippen molar-refractivity contribution >= 4 is 17.7 Å². The zero-order valence-electron chi connectivity index (χ0n) is 12.0. The summed E-state index contributed by atoms with van der Waals surface area (Å²) in [6, 6.07) is 12.1. The lowest BCUT2D eigenvalue weighted by molar-refractivity contribution is -0.135. The summed E-state index contributed by atoms with van der Waals surface area (Å²) in [6.07, 6.45) is 0.501. The molecule has 0 aromatic heterocycles. The van der Waals surface area contributed by atoms with Crippen molar-refractivity contribution in [1.29, 1.82) is 5.26 Å². The predicted molar refractivity (Wildman–Crippen MR) is 82.3 cm³/mol. The van der Waals surface area contributed by atoms with Gasteiger partial charge in [0.25, 0.3) is 0 Å². The molecule has 0 radical (unpaired) electrons. The minimum absolute atomic E-state index is 0.0176. The van der Waals surface area contributed by atoms with Crippen molar-refractivity contribution in [3.8, 4) is 6.07 Å². The van der Waals surface area contributed by atoms with Crippen LogP contribution in [-0.4, -0.2) is 34.4 Å². The second-order valence-corrected chi connectivity index (χ2v) is 6.70. The predicted octanol–water partition coefficient (Wildman–Crippen LogP) is 2.72. The van der Waals surface area contributed by atoms with E-state index in [1.807, 2.05) is 47.0 Å². The van der Waals surface area contributed by atoms with Gasteiger partial charge in [0.15, 0.2) is 0 Å². The van der Waals surface area contributed by atoms with E-state index in [2.05, 4.69) is 19.9 Å². The lowest BCUT2D eigenvalue weighted by atomic mass is 9.98. The van der Waals surface area contributed by atoms with Gasteiger partial charge in [-0.15, -0.1) is 0 Å². The van der Waals surface area contributed by atoms with Crippen LogP contribution in [0.5, 0.6) is 0 Å². The van der Waals surface area contributed by atoms with Crippen molar-refractivity contribution in [1.82, 2.24) is 4.90 Å². The Bertz CT molecular complexity index is 497. The Hall–Kier alpha value is -1.47. The molecule has 3 nitrogen and oxygen atoms in total. The fourth-order valence-electron chi connectivity index (χ4n) is 2.48. The van der Waals surface area contributed by atoms with Crippen LogP contribution in [0.15, 0.2) is 30.3 Å². The molecule has 20 heavy (non-hydrogen) atoms.